The summed E-state index contributed by atoms with van der Waals surface area (Å²) in [5.74, 6) is 0.785. The topological polar surface area (TPSA) is 58.2 Å². The van der Waals surface area contributed by atoms with E-state index in [4.69, 9.17) is 0 Å². The predicted molar refractivity (Wildman–Crippen MR) is 99.6 cm³/mol. The Morgan fingerprint density at radius 2 is 1.96 bits per heavy atom. The highest BCUT2D eigenvalue weighted by molar-refractivity contribution is 9.10. The van der Waals surface area contributed by atoms with Crippen LogP contribution in [0.3, 0.4) is 0 Å². The standard InChI is InChI=1S/C17H25BrN2O2S/c1-3-13(2)17(22)20-12-16(21)19-10-6-7-11-23-15-9-5-4-8-14(15)18/h4-5,8-9,13H,3,6-7,10-12H2,1-2H3,(H,19,21)(H,20,22). The predicted octanol–water partition coefficient (Wildman–Crippen LogP) is 3.60. The van der Waals surface area contributed by atoms with Gasteiger partial charge in [0.1, 0.15) is 0 Å². The molecule has 6 heteroatoms. The molecule has 1 rings (SSSR count). The minimum Gasteiger partial charge on any atom is -0.355 e. The first kappa shape index (κ1) is 20.0. The van der Waals surface area contributed by atoms with Gasteiger partial charge in [-0.2, -0.15) is 0 Å². The van der Waals surface area contributed by atoms with Crippen LogP contribution >= 0.6 is 27.7 Å². The number of carbonyl (C=O) groups excluding carboxylic acids is 2. The Morgan fingerprint density at radius 3 is 2.65 bits per heavy atom. The van der Waals surface area contributed by atoms with Crippen LogP contribution in [0.15, 0.2) is 33.6 Å². The molecule has 2 amide bonds. The maximum absolute atomic E-state index is 11.6. The number of rotatable bonds is 10. The van der Waals surface area contributed by atoms with Crippen LogP contribution in [0.1, 0.15) is 33.1 Å². The first-order valence-electron chi connectivity index (χ1n) is 7.96. The van der Waals surface area contributed by atoms with Crippen LogP contribution in [0, 0.1) is 5.92 Å². The van der Waals surface area contributed by atoms with Crippen LogP contribution in [0.5, 0.6) is 0 Å². The Hall–Kier alpha value is -1.01. The fourth-order valence-corrected chi connectivity index (χ4v) is 3.37. The molecular formula is C17H25BrN2O2S. The second-order valence-corrected chi connectivity index (χ2v) is 7.35. The van der Waals surface area contributed by atoms with Gasteiger partial charge >= 0.3 is 0 Å². The molecule has 0 spiro atoms. The molecule has 1 aromatic carbocycles. The van der Waals surface area contributed by atoms with Crippen molar-refractivity contribution in [3.63, 3.8) is 0 Å². The first-order chi connectivity index (χ1) is 11.0. The monoisotopic (exact) mass is 400 g/mol. The van der Waals surface area contributed by atoms with Gasteiger partial charge < -0.3 is 10.6 Å². The molecule has 0 radical (unpaired) electrons. The normalized spacial score (nSPS) is 11.8. The number of benzene rings is 1. The molecule has 0 fully saturated rings. The lowest BCUT2D eigenvalue weighted by atomic mass is 10.1. The molecule has 128 valence electrons. The van der Waals surface area contributed by atoms with E-state index in [1.807, 2.05) is 43.8 Å². The molecule has 0 heterocycles. The van der Waals surface area contributed by atoms with Gasteiger partial charge in [-0.25, -0.2) is 0 Å². The van der Waals surface area contributed by atoms with E-state index in [1.165, 1.54) is 4.90 Å². The summed E-state index contributed by atoms with van der Waals surface area (Å²) in [6, 6.07) is 8.16. The molecule has 0 aliphatic carbocycles. The summed E-state index contributed by atoms with van der Waals surface area (Å²) in [5.41, 5.74) is 0. The zero-order valence-electron chi connectivity index (χ0n) is 13.7. The van der Waals surface area contributed by atoms with Crippen molar-refractivity contribution in [2.75, 3.05) is 18.8 Å². The Labute approximate surface area is 151 Å². The number of thioether (sulfide) groups is 1. The molecule has 0 aromatic heterocycles. The summed E-state index contributed by atoms with van der Waals surface area (Å²) in [6.07, 6.45) is 2.75. The fraction of sp³-hybridized carbons (Fsp3) is 0.529. The van der Waals surface area contributed by atoms with Crippen molar-refractivity contribution >= 4 is 39.5 Å². The third kappa shape index (κ3) is 8.42. The summed E-state index contributed by atoms with van der Waals surface area (Å²) < 4.78 is 1.12. The number of amides is 2. The van der Waals surface area contributed by atoms with E-state index >= 15 is 0 Å². The Kier molecular flexibility index (Phi) is 10.0. The van der Waals surface area contributed by atoms with Crippen molar-refractivity contribution in [3.05, 3.63) is 28.7 Å². The fourth-order valence-electron chi connectivity index (χ4n) is 1.79. The SMILES string of the molecule is CCC(C)C(=O)NCC(=O)NCCCCSc1ccccc1Br. The third-order valence-corrected chi connectivity index (χ3v) is 5.58. The van der Waals surface area contributed by atoms with Gasteiger partial charge in [-0.3, -0.25) is 9.59 Å². The molecule has 0 bridgehead atoms. The molecule has 0 aliphatic rings. The number of hydrogen-bond acceptors (Lipinski definition) is 3. The minimum atomic E-state index is -0.125. The highest BCUT2D eigenvalue weighted by Gasteiger charge is 2.11. The average molecular weight is 401 g/mol. The molecule has 2 N–H and O–H groups in total. The number of hydrogen-bond donors (Lipinski definition) is 2. The van der Waals surface area contributed by atoms with E-state index in [1.54, 1.807) is 0 Å². The smallest absolute Gasteiger partial charge is 0.239 e. The summed E-state index contributed by atoms with van der Waals surface area (Å²) in [4.78, 5) is 24.4. The van der Waals surface area contributed by atoms with Gasteiger partial charge in [-0.15, -0.1) is 11.8 Å². The van der Waals surface area contributed by atoms with E-state index in [-0.39, 0.29) is 24.3 Å². The largest absolute Gasteiger partial charge is 0.355 e. The Bertz CT molecular complexity index is 511. The second kappa shape index (κ2) is 11.5. The molecule has 1 aromatic rings. The highest BCUT2D eigenvalue weighted by atomic mass is 79.9. The second-order valence-electron chi connectivity index (χ2n) is 5.36. The number of unbranched alkanes of at least 4 members (excludes halogenated alkanes) is 1. The van der Waals surface area contributed by atoms with Gasteiger partial charge in [-0.1, -0.05) is 26.0 Å². The number of halogens is 1. The van der Waals surface area contributed by atoms with Crippen molar-refractivity contribution in [1.29, 1.82) is 0 Å². The lowest BCUT2D eigenvalue weighted by Gasteiger charge is -2.10. The molecule has 0 aliphatic heterocycles. The minimum absolute atomic E-state index is 0.0443. The van der Waals surface area contributed by atoms with Gasteiger partial charge in [0.2, 0.25) is 11.8 Å². The van der Waals surface area contributed by atoms with E-state index in [2.05, 4.69) is 32.6 Å². The van der Waals surface area contributed by atoms with Crippen LogP contribution in [0.25, 0.3) is 0 Å². The van der Waals surface area contributed by atoms with Crippen LogP contribution in [0.4, 0.5) is 0 Å². The Balaban J connectivity index is 2.05. The highest BCUT2D eigenvalue weighted by Crippen LogP contribution is 2.27. The van der Waals surface area contributed by atoms with Gasteiger partial charge in [0, 0.05) is 21.8 Å². The van der Waals surface area contributed by atoms with Crippen molar-refractivity contribution in [1.82, 2.24) is 10.6 Å². The van der Waals surface area contributed by atoms with Crippen molar-refractivity contribution < 1.29 is 9.59 Å². The molecule has 0 saturated heterocycles. The molecule has 4 nitrogen and oxygen atoms in total. The van der Waals surface area contributed by atoms with Gasteiger partial charge in [0.05, 0.1) is 6.54 Å². The lowest BCUT2D eigenvalue weighted by Crippen LogP contribution is -2.39. The third-order valence-electron chi connectivity index (χ3n) is 3.47. The van der Waals surface area contributed by atoms with E-state index < -0.39 is 0 Å². The van der Waals surface area contributed by atoms with Crippen LogP contribution in [-0.4, -0.2) is 30.7 Å². The maximum atomic E-state index is 11.6. The molecule has 23 heavy (non-hydrogen) atoms. The van der Waals surface area contributed by atoms with Gasteiger partial charge in [0.25, 0.3) is 0 Å². The number of nitrogens with one attached hydrogen (secondary N) is 2. The maximum Gasteiger partial charge on any atom is 0.239 e. The molecule has 1 atom stereocenters. The molecule has 1 unspecified atom stereocenters. The van der Waals surface area contributed by atoms with Crippen LogP contribution in [0.2, 0.25) is 0 Å². The molecular weight excluding hydrogens is 376 g/mol. The van der Waals surface area contributed by atoms with E-state index in [0.29, 0.717) is 6.54 Å². The first-order valence-corrected chi connectivity index (χ1v) is 9.74. The average Bonchev–Trinajstić information content (AvgIpc) is 2.56. The van der Waals surface area contributed by atoms with Crippen molar-refractivity contribution in [2.45, 2.75) is 38.0 Å². The quantitative estimate of drug-likeness (QED) is 0.465. The van der Waals surface area contributed by atoms with Crippen LogP contribution in [-0.2, 0) is 9.59 Å². The summed E-state index contributed by atoms with van der Waals surface area (Å²) >= 11 is 5.34. The van der Waals surface area contributed by atoms with Crippen molar-refractivity contribution in [3.8, 4) is 0 Å². The summed E-state index contributed by atoms with van der Waals surface area (Å²) in [5, 5.41) is 5.49. The Morgan fingerprint density at radius 1 is 1.22 bits per heavy atom. The summed E-state index contributed by atoms with van der Waals surface area (Å²) in [6.45, 7) is 4.52. The van der Waals surface area contributed by atoms with Crippen LogP contribution < -0.4 is 10.6 Å². The summed E-state index contributed by atoms with van der Waals surface area (Å²) in [7, 11) is 0. The lowest BCUT2D eigenvalue weighted by molar-refractivity contribution is -0.128. The zero-order chi connectivity index (χ0) is 17.1. The van der Waals surface area contributed by atoms with E-state index in [9.17, 15) is 9.59 Å². The van der Waals surface area contributed by atoms with Gasteiger partial charge in [-0.05, 0) is 53.1 Å². The molecule has 0 saturated carbocycles. The zero-order valence-corrected chi connectivity index (χ0v) is 16.1. The van der Waals surface area contributed by atoms with Crippen molar-refractivity contribution in [2.24, 2.45) is 5.92 Å². The van der Waals surface area contributed by atoms with E-state index in [0.717, 1.165) is 29.5 Å². The van der Waals surface area contributed by atoms with Gasteiger partial charge in [0.15, 0.2) is 0 Å². The number of carbonyl (C=O) groups is 2.